The standard InChI is InChI=1S/C23H26F2N4O4/c1-22(2,32)19(14-6-8-16(9-7-14)33-23(3,24)25)28-21(31)29-12-18(30)27-17-10-15(13-4-5-13)11-26-20(17)29/h6-11,13,19,32H,4-5,12H2,1-3H3,(H,27,30)(H,28,31). The van der Waals surface area contributed by atoms with Gasteiger partial charge in [-0.3, -0.25) is 9.69 Å². The van der Waals surface area contributed by atoms with Crippen molar-refractivity contribution in [2.24, 2.45) is 0 Å². The number of benzene rings is 1. The molecule has 1 atom stereocenters. The molecule has 0 radical (unpaired) electrons. The van der Waals surface area contributed by atoms with Crippen LogP contribution < -0.4 is 20.3 Å². The fraction of sp³-hybridized carbons (Fsp3) is 0.435. The Morgan fingerprint density at radius 1 is 1.27 bits per heavy atom. The third-order valence-corrected chi connectivity index (χ3v) is 5.50. The first kappa shape index (κ1) is 22.9. The molecule has 176 valence electrons. The van der Waals surface area contributed by atoms with E-state index in [-0.39, 0.29) is 18.2 Å². The van der Waals surface area contributed by atoms with Gasteiger partial charge in [0.1, 0.15) is 12.3 Å². The van der Waals surface area contributed by atoms with Crippen LogP contribution in [0.25, 0.3) is 0 Å². The molecule has 1 saturated carbocycles. The van der Waals surface area contributed by atoms with E-state index >= 15 is 0 Å². The largest absolute Gasteiger partial charge is 0.433 e. The number of carbonyl (C=O) groups excluding carboxylic acids is 2. The van der Waals surface area contributed by atoms with Crippen LogP contribution in [0.1, 0.15) is 56.7 Å². The van der Waals surface area contributed by atoms with Crippen LogP contribution in [0.5, 0.6) is 5.75 Å². The number of aromatic nitrogens is 1. The highest BCUT2D eigenvalue weighted by molar-refractivity contribution is 6.08. The Bertz CT molecular complexity index is 1060. The summed E-state index contributed by atoms with van der Waals surface area (Å²) in [6, 6.07) is 5.96. The van der Waals surface area contributed by atoms with Crippen LogP contribution in [0.15, 0.2) is 36.5 Å². The van der Waals surface area contributed by atoms with Crippen molar-refractivity contribution in [2.45, 2.75) is 57.3 Å². The van der Waals surface area contributed by atoms with Gasteiger partial charge in [-0.25, -0.2) is 9.78 Å². The highest BCUT2D eigenvalue weighted by Crippen LogP contribution is 2.42. The molecular formula is C23H26F2N4O4. The lowest BCUT2D eigenvalue weighted by Crippen LogP contribution is -2.51. The molecule has 0 bridgehead atoms. The van der Waals surface area contributed by atoms with Gasteiger partial charge in [0.15, 0.2) is 5.82 Å². The van der Waals surface area contributed by atoms with Crippen molar-refractivity contribution in [2.75, 3.05) is 16.8 Å². The Hall–Kier alpha value is -3.27. The summed E-state index contributed by atoms with van der Waals surface area (Å²) in [6.07, 6.45) is 0.529. The number of urea groups is 1. The maximum absolute atomic E-state index is 13.2. The van der Waals surface area contributed by atoms with E-state index in [0.29, 0.717) is 29.9 Å². The number of rotatable bonds is 6. The Kier molecular flexibility index (Phi) is 5.73. The van der Waals surface area contributed by atoms with E-state index in [1.807, 2.05) is 6.07 Å². The van der Waals surface area contributed by atoms with Gasteiger partial charge in [0.25, 0.3) is 0 Å². The van der Waals surface area contributed by atoms with Crippen molar-refractivity contribution >= 4 is 23.4 Å². The smallest absolute Gasteiger partial charge is 0.394 e. The molecule has 1 fully saturated rings. The summed E-state index contributed by atoms with van der Waals surface area (Å²) in [7, 11) is 0. The van der Waals surface area contributed by atoms with Crippen LogP contribution in [-0.4, -0.2) is 40.3 Å². The normalized spacial score (nSPS) is 17.2. The summed E-state index contributed by atoms with van der Waals surface area (Å²) in [4.78, 5) is 31.1. The number of anilines is 2. The number of fused-ring (bicyclic) bond motifs is 1. The molecule has 0 saturated heterocycles. The number of carbonyl (C=O) groups is 2. The lowest BCUT2D eigenvalue weighted by molar-refractivity contribution is -0.159. The molecule has 2 heterocycles. The number of pyridine rings is 1. The maximum atomic E-state index is 13.2. The highest BCUT2D eigenvalue weighted by atomic mass is 19.3. The zero-order chi connectivity index (χ0) is 24.0. The first-order chi connectivity index (χ1) is 15.4. The molecule has 0 spiro atoms. The van der Waals surface area contributed by atoms with Crippen molar-refractivity contribution in [1.82, 2.24) is 10.3 Å². The van der Waals surface area contributed by atoms with Gasteiger partial charge in [-0.2, -0.15) is 8.78 Å². The number of hydrogen-bond acceptors (Lipinski definition) is 5. The second-order valence-corrected chi connectivity index (χ2v) is 9.06. The fourth-order valence-corrected chi connectivity index (χ4v) is 3.80. The molecule has 2 aliphatic rings. The van der Waals surface area contributed by atoms with Crippen LogP contribution in [0.4, 0.5) is 25.1 Å². The van der Waals surface area contributed by atoms with Crippen molar-refractivity contribution in [3.63, 3.8) is 0 Å². The van der Waals surface area contributed by atoms with Crippen molar-refractivity contribution in [1.29, 1.82) is 0 Å². The van der Waals surface area contributed by atoms with E-state index in [9.17, 15) is 23.5 Å². The lowest BCUT2D eigenvalue weighted by atomic mass is 9.92. The summed E-state index contributed by atoms with van der Waals surface area (Å²) in [5.74, 6) is 0.349. The molecule has 2 aromatic rings. The summed E-state index contributed by atoms with van der Waals surface area (Å²) < 4.78 is 30.7. The van der Waals surface area contributed by atoms with Crippen LogP contribution in [-0.2, 0) is 4.79 Å². The third-order valence-electron chi connectivity index (χ3n) is 5.50. The lowest BCUT2D eigenvalue weighted by Gasteiger charge is -2.34. The van der Waals surface area contributed by atoms with E-state index in [0.717, 1.165) is 18.4 Å². The molecular weight excluding hydrogens is 434 g/mol. The highest BCUT2D eigenvalue weighted by Gasteiger charge is 2.35. The van der Waals surface area contributed by atoms with Gasteiger partial charge >= 0.3 is 12.1 Å². The zero-order valence-corrected chi connectivity index (χ0v) is 18.6. The van der Waals surface area contributed by atoms with Gasteiger partial charge in [-0.15, -0.1) is 0 Å². The topological polar surface area (TPSA) is 104 Å². The van der Waals surface area contributed by atoms with Crippen LogP contribution >= 0.6 is 0 Å². The zero-order valence-electron chi connectivity index (χ0n) is 18.6. The molecule has 33 heavy (non-hydrogen) atoms. The first-order valence-corrected chi connectivity index (χ1v) is 10.7. The van der Waals surface area contributed by atoms with Crippen molar-refractivity contribution in [3.05, 3.63) is 47.7 Å². The summed E-state index contributed by atoms with van der Waals surface area (Å²) in [5, 5.41) is 16.2. The monoisotopic (exact) mass is 460 g/mol. The predicted molar refractivity (Wildman–Crippen MR) is 117 cm³/mol. The minimum Gasteiger partial charge on any atom is -0.433 e. The minimum atomic E-state index is -3.33. The van der Waals surface area contributed by atoms with Gasteiger partial charge in [0.05, 0.1) is 17.3 Å². The molecule has 8 nitrogen and oxygen atoms in total. The number of ether oxygens (including phenoxy) is 1. The number of nitrogens with one attached hydrogen (secondary N) is 2. The van der Waals surface area contributed by atoms with E-state index in [1.165, 1.54) is 43.0 Å². The second-order valence-electron chi connectivity index (χ2n) is 9.06. The van der Waals surface area contributed by atoms with Gasteiger partial charge in [0.2, 0.25) is 5.91 Å². The SMILES string of the molecule is CC(F)(F)Oc1ccc(C(NC(=O)N2CC(=O)Nc3cc(C4CC4)cnc32)C(C)(C)O)cc1. The van der Waals surface area contributed by atoms with E-state index in [1.54, 1.807) is 6.20 Å². The number of amides is 3. The van der Waals surface area contributed by atoms with E-state index < -0.39 is 23.8 Å². The van der Waals surface area contributed by atoms with Crippen molar-refractivity contribution in [3.8, 4) is 5.75 Å². The third kappa shape index (κ3) is 5.39. The molecule has 10 heteroatoms. The Balaban J connectivity index is 1.56. The summed E-state index contributed by atoms with van der Waals surface area (Å²) >= 11 is 0. The molecule has 1 aliphatic carbocycles. The summed E-state index contributed by atoms with van der Waals surface area (Å²) in [5.41, 5.74) is 0.552. The quantitative estimate of drug-likeness (QED) is 0.606. The number of hydrogen-bond donors (Lipinski definition) is 3. The molecule has 3 N–H and O–H groups in total. The predicted octanol–water partition coefficient (Wildman–Crippen LogP) is 3.93. The van der Waals surface area contributed by atoms with Gasteiger partial charge in [-0.1, -0.05) is 12.1 Å². The summed E-state index contributed by atoms with van der Waals surface area (Å²) in [6.45, 7) is 3.43. The minimum absolute atomic E-state index is 0.0515. The number of halogens is 2. The number of alkyl halides is 2. The molecule has 4 rings (SSSR count). The van der Waals surface area contributed by atoms with E-state index in [2.05, 4.69) is 20.4 Å². The van der Waals surface area contributed by atoms with Gasteiger partial charge < -0.3 is 20.5 Å². The number of nitrogens with zero attached hydrogens (tertiary/aromatic N) is 2. The Morgan fingerprint density at radius 3 is 2.52 bits per heavy atom. The molecule has 1 aromatic carbocycles. The average Bonchev–Trinajstić information content (AvgIpc) is 3.55. The molecule has 1 unspecified atom stereocenters. The average molecular weight is 460 g/mol. The maximum Gasteiger partial charge on any atom is 0.394 e. The van der Waals surface area contributed by atoms with Crippen LogP contribution in [0.2, 0.25) is 0 Å². The Morgan fingerprint density at radius 2 is 1.94 bits per heavy atom. The van der Waals surface area contributed by atoms with Crippen LogP contribution in [0.3, 0.4) is 0 Å². The molecule has 1 aromatic heterocycles. The fourth-order valence-electron chi connectivity index (χ4n) is 3.80. The van der Waals surface area contributed by atoms with Crippen LogP contribution in [0, 0.1) is 0 Å². The van der Waals surface area contributed by atoms with Crippen molar-refractivity contribution < 1.29 is 28.2 Å². The first-order valence-electron chi connectivity index (χ1n) is 10.7. The van der Waals surface area contributed by atoms with Gasteiger partial charge in [-0.05, 0) is 61.9 Å². The van der Waals surface area contributed by atoms with E-state index in [4.69, 9.17) is 0 Å². The molecule has 1 aliphatic heterocycles. The van der Waals surface area contributed by atoms with Gasteiger partial charge in [0, 0.05) is 13.1 Å². The second kappa shape index (κ2) is 8.26. The number of aliphatic hydroxyl groups is 1. The molecule has 3 amide bonds. The Labute approximate surface area is 189 Å².